The second-order valence-electron chi connectivity index (χ2n) is 8.42. The van der Waals surface area contributed by atoms with Gasteiger partial charge in [0.15, 0.2) is 23.0 Å². The number of methoxy groups -OCH3 is 6. The summed E-state index contributed by atoms with van der Waals surface area (Å²) >= 11 is 0. The van der Waals surface area contributed by atoms with E-state index < -0.39 is 24.2 Å². The van der Waals surface area contributed by atoms with E-state index in [9.17, 15) is 19.2 Å². The molecular formula is C28H34O18. The maximum absolute atomic E-state index is 12.3. The third-order valence-corrected chi connectivity index (χ3v) is 5.75. The molecule has 254 valence electrons. The van der Waals surface area contributed by atoms with E-state index in [1.54, 1.807) is 0 Å². The van der Waals surface area contributed by atoms with Gasteiger partial charge in [-0.05, 0) is 49.9 Å². The highest BCUT2D eigenvalue weighted by Gasteiger charge is 2.24. The van der Waals surface area contributed by atoms with E-state index in [-0.39, 0.29) is 47.3 Å². The van der Waals surface area contributed by atoms with Gasteiger partial charge >= 0.3 is 24.2 Å². The van der Waals surface area contributed by atoms with Gasteiger partial charge in [-0.25, -0.2) is 29.0 Å². The second-order valence-corrected chi connectivity index (χ2v) is 8.42. The Bertz CT molecular complexity index is 1210. The topological polar surface area (TPSA) is 197 Å². The molecule has 0 heterocycles. The highest BCUT2D eigenvalue weighted by atomic mass is 17.5. The van der Waals surface area contributed by atoms with E-state index >= 15 is 0 Å². The fourth-order valence-corrected chi connectivity index (χ4v) is 3.68. The first kappa shape index (κ1) is 36.8. The molecule has 2 aromatic rings. The summed E-state index contributed by atoms with van der Waals surface area (Å²) in [6.45, 7) is -0.0702. The van der Waals surface area contributed by atoms with E-state index in [0.29, 0.717) is 37.2 Å². The SMILES string of the molecule is COc1ccc(C(=O)OOOC(=O)OCCCCCCOC(=O)OOOC(=O)c2ccc(OC)c(OC)c2OC)c(OC)c1OC. The number of carbonyl (C=O) groups is 4. The minimum atomic E-state index is -1.25. The Morgan fingerprint density at radius 3 is 1.15 bits per heavy atom. The zero-order chi connectivity index (χ0) is 33.9. The average molecular weight is 659 g/mol. The molecule has 0 fully saturated rings. The Balaban J connectivity index is 1.56. The summed E-state index contributed by atoms with van der Waals surface area (Å²) in [4.78, 5) is 65.2. The third kappa shape index (κ3) is 10.7. The number of ether oxygens (including phenoxy) is 8. The quantitative estimate of drug-likeness (QED) is 0.0894. The molecule has 0 N–H and O–H groups in total. The molecule has 18 nitrogen and oxygen atoms in total. The van der Waals surface area contributed by atoms with E-state index in [4.69, 9.17) is 37.9 Å². The van der Waals surface area contributed by atoms with E-state index in [2.05, 4.69) is 29.6 Å². The van der Waals surface area contributed by atoms with Crippen LogP contribution in [0.5, 0.6) is 34.5 Å². The van der Waals surface area contributed by atoms with Gasteiger partial charge in [0.2, 0.25) is 11.5 Å². The van der Waals surface area contributed by atoms with E-state index in [0.717, 1.165) is 0 Å². The predicted octanol–water partition coefficient (Wildman–Crippen LogP) is 4.31. The molecule has 0 aliphatic rings. The molecule has 46 heavy (non-hydrogen) atoms. The van der Waals surface area contributed by atoms with Gasteiger partial charge in [0.25, 0.3) is 0 Å². The monoisotopic (exact) mass is 658 g/mol. The third-order valence-electron chi connectivity index (χ3n) is 5.75. The molecule has 0 radical (unpaired) electrons. The van der Waals surface area contributed by atoms with Crippen molar-refractivity contribution in [3.8, 4) is 34.5 Å². The van der Waals surface area contributed by atoms with Crippen LogP contribution in [0.4, 0.5) is 9.59 Å². The van der Waals surface area contributed by atoms with Crippen LogP contribution in [-0.4, -0.2) is 80.1 Å². The molecule has 2 aromatic carbocycles. The largest absolute Gasteiger partial charge is 0.543 e. The summed E-state index contributed by atoms with van der Waals surface area (Å²) in [5.74, 6) is -1.14. The molecule has 0 saturated carbocycles. The summed E-state index contributed by atoms with van der Waals surface area (Å²) in [6.07, 6.45) is -0.460. The van der Waals surface area contributed by atoms with Crippen molar-refractivity contribution in [1.29, 1.82) is 0 Å². The smallest absolute Gasteiger partial charge is 0.493 e. The number of benzene rings is 2. The highest BCUT2D eigenvalue weighted by Crippen LogP contribution is 2.41. The first-order chi connectivity index (χ1) is 22.3. The first-order valence-electron chi connectivity index (χ1n) is 13.3. The van der Waals surface area contributed by atoms with Gasteiger partial charge in [-0.2, -0.15) is 0 Å². The van der Waals surface area contributed by atoms with Crippen LogP contribution >= 0.6 is 0 Å². The van der Waals surface area contributed by atoms with Gasteiger partial charge < -0.3 is 37.9 Å². The number of hydrogen-bond acceptors (Lipinski definition) is 18. The summed E-state index contributed by atoms with van der Waals surface area (Å²) in [5.41, 5.74) is -0.171. The van der Waals surface area contributed by atoms with Crippen LogP contribution in [0.25, 0.3) is 0 Å². The molecule has 0 bridgehead atoms. The molecule has 0 aliphatic heterocycles. The maximum Gasteiger partial charge on any atom is 0.543 e. The van der Waals surface area contributed by atoms with Crippen LogP contribution in [0.15, 0.2) is 24.3 Å². The molecule has 0 unspecified atom stereocenters. The first-order valence-corrected chi connectivity index (χ1v) is 13.3. The Morgan fingerprint density at radius 2 is 0.826 bits per heavy atom. The molecule has 0 spiro atoms. The maximum atomic E-state index is 12.3. The molecule has 0 aromatic heterocycles. The standard InChI is InChI=1S/C28H34O18/c1-33-19-13-11-17(21(35-3)23(19)37-5)25(29)41-45-43-27(31)39-15-9-7-8-10-16-40-28(32)44-46-42-26(30)18-12-14-20(34-2)24(38-6)22(18)36-4/h11-14H,7-10,15-16H2,1-6H3. The Labute approximate surface area is 262 Å². The Kier molecular flexibility index (Phi) is 15.9. The summed E-state index contributed by atoms with van der Waals surface area (Å²) in [7, 11) is 8.15. The molecule has 0 saturated heterocycles. The molecule has 18 heteroatoms. The van der Waals surface area contributed by atoms with E-state index in [1.165, 1.54) is 66.9 Å². The number of unbranched alkanes of at least 4 members (excludes halogenated alkanes) is 3. The zero-order valence-corrected chi connectivity index (χ0v) is 25.9. The van der Waals surface area contributed by atoms with Crippen LogP contribution in [0.3, 0.4) is 0 Å². The van der Waals surface area contributed by atoms with E-state index in [1.807, 2.05) is 0 Å². The number of hydrogen-bond donors (Lipinski definition) is 0. The normalized spacial score (nSPS) is 10.1. The van der Waals surface area contributed by atoms with Gasteiger partial charge in [0.05, 0.1) is 65.9 Å². The van der Waals surface area contributed by atoms with Crippen molar-refractivity contribution in [1.82, 2.24) is 0 Å². The second kappa shape index (κ2) is 19.8. The average Bonchev–Trinajstić information content (AvgIpc) is 3.07. The van der Waals surface area contributed by atoms with Crippen molar-refractivity contribution < 1.29 is 86.7 Å². The van der Waals surface area contributed by atoms with Crippen molar-refractivity contribution in [3.63, 3.8) is 0 Å². The summed E-state index contributed by atoms with van der Waals surface area (Å²) in [5, 5.41) is 8.40. The molecule has 0 amide bonds. The van der Waals surface area contributed by atoms with Crippen molar-refractivity contribution >= 4 is 24.2 Å². The lowest BCUT2D eigenvalue weighted by atomic mass is 10.1. The van der Waals surface area contributed by atoms with Crippen molar-refractivity contribution in [3.05, 3.63) is 35.4 Å². The van der Waals surface area contributed by atoms with Crippen LogP contribution in [0, 0.1) is 0 Å². The summed E-state index contributed by atoms with van der Waals surface area (Å²) in [6, 6.07) is 5.56. The molecule has 2 rings (SSSR count). The van der Waals surface area contributed by atoms with Gasteiger partial charge in [-0.3, -0.25) is 9.78 Å². The lowest BCUT2D eigenvalue weighted by molar-refractivity contribution is -0.452. The Hall–Kier alpha value is -5.36. The molecule has 0 atom stereocenters. The van der Waals surface area contributed by atoms with Gasteiger partial charge in [0, 0.05) is 0 Å². The predicted molar refractivity (Wildman–Crippen MR) is 149 cm³/mol. The fourth-order valence-electron chi connectivity index (χ4n) is 3.68. The minimum absolute atomic E-state index is 0.0166. The van der Waals surface area contributed by atoms with Crippen LogP contribution in [0.2, 0.25) is 0 Å². The number of rotatable bonds is 19. The zero-order valence-electron chi connectivity index (χ0n) is 25.9. The lowest BCUT2D eigenvalue weighted by Crippen LogP contribution is -2.14. The van der Waals surface area contributed by atoms with Gasteiger partial charge in [-0.15, -0.1) is 0 Å². The van der Waals surface area contributed by atoms with Crippen molar-refractivity contribution in [2.45, 2.75) is 25.7 Å². The number of carbonyl (C=O) groups excluding carboxylic acids is 4. The van der Waals surface area contributed by atoms with Crippen molar-refractivity contribution in [2.24, 2.45) is 0 Å². The minimum Gasteiger partial charge on any atom is -0.493 e. The van der Waals surface area contributed by atoms with Crippen LogP contribution in [0.1, 0.15) is 46.4 Å². The van der Waals surface area contributed by atoms with Crippen molar-refractivity contribution in [2.75, 3.05) is 55.9 Å². The Morgan fingerprint density at radius 1 is 0.457 bits per heavy atom. The molecule has 0 aliphatic carbocycles. The van der Waals surface area contributed by atoms with Gasteiger partial charge in [-0.1, -0.05) is 0 Å². The molecular weight excluding hydrogens is 624 g/mol. The summed E-state index contributed by atoms with van der Waals surface area (Å²) < 4.78 is 40.6. The van der Waals surface area contributed by atoms with Crippen LogP contribution in [-0.2, 0) is 39.1 Å². The van der Waals surface area contributed by atoms with Crippen LogP contribution < -0.4 is 28.4 Å². The van der Waals surface area contributed by atoms with Gasteiger partial charge in [0.1, 0.15) is 11.1 Å². The fraction of sp³-hybridized carbons (Fsp3) is 0.429. The highest BCUT2D eigenvalue weighted by molar-refractivity contribution is 5.94. The lowest BCUT2D eigenvalue weighted by Gasteiger charge is -2.14.